The molecule has 0 amide bonds. The monoisotopic (exact) mass is 413 g/mol. The first-order valence-electron chi connectivity index (χ1n) is 7.39. The van der Waals surface area contributed by atoms with Gasteiger partial charge in [-0.05, 0) is 43.3 Å². The molecule has 1 aromatic carbocycles. The zero-order valence-electron chi connectivity index (χ0n) is 13.1. The first-order chi connectivity index (χ1) is 12.2. The van der Waals surface area contributed by atoms with Gasteiger partial charge in [0.05, 0.1) is 11.4 Å². The maximum absolute atomic E-state index is 4.58. The van der Waals surface area contributed by atoms with Crippen molar-refractivity contribution < 1.29 is 0 Å². The number of pyridine rings is 1. The van der Waals surface area contributed by atoms with Crippen LogP contribution in [0.25, 0.3) is 16.3 Å². The number of fused-ring (bicyclic) bond motifs is 1. The van der Waals surface area contributed by atoms with Gasteiger partial charge in [0.1, 0.15) is 0 Å². The number of aromatic nitrogens is 5. The van der Waals surface area contributed by atoms with E-state index >= 15 is 0 Å². The van der Waals surface area contributed by atoms with Gasteiger partial charge in [0.15, 0.2) is 10.5 Å². The fourth-order valence-electron chi connectivity index (χ4n) is 2.20. The van der Waals surface area contributed by atoms with Crippen molar-refractivity contribution in [3.05, 3.63) is 63.6 Å². The summed E-state index contributed by atoms with van der Waals surface area (Å²) in [6, 6.07) is 11.6. The van der Waals surface area contributed by atoms with Crippen LogP contribution in [-0.2, 0) is 0 Å². The summed E-state index contributed by atoms with van der Waals surface area (Å²) in [5.41, 5.74) is 5.64. The van der Waals surface area contributed by atoms with E-state index in [1.54, 1.807) is 16.9 Å². The molecule has 0 radical (unpaired) electrons. The third kappa shape index (κ3) is 3.28. The van der Waals surface area contributed by atoms with E-state index in [0.717, 1.165) is 26.1 Å². The minimum Gasteiger partial charge on any atom is -0.277 e. The van der Waals surface area contributed by atoms with Crippen LogP contribution in [0.3, 0.4) is 0 Å². The number of hydrogen-bond acceptors (Lipinski definition) is 7. The average Bonchev–Trinajstić information content (AvgIpc) is 3.04. The molecular formula is C16H12BrN7S. The molecule has 25 heavy (non-hydrogen) atoms. The fourth-order valence-corrected chi connectivity index (χ4v) is 3.21. The number of nitrogens with one attached hydrogen (secondary N) is 1. The highest BCUT2D eigenvalue weighted by Crippen LogP contribution is 2.17. The number of halogens is 1. The number of aryl methyl sites for hydroxylation is 1. The molecule has 4 rings (SSSR count). The van der Waals surface area contributed by atoms with Gasteiger partial charge in [-0.3, -0.25) is 10.4 Å². The third-order valence-corrected chi connectivity index (χ3v) is 4.97. The van der Waals surface area contributed by atoms with Crippen molar-refractivity contribution in [1.82, 2.24) is 24.8 Å². The molecule has 3 aromatic heterocycles. The maximum atomic E-state index is 4.58. The molecule has 124 valence electrons. The van der Waals surface area contributed by atoms with Crippen LogP contribution >= 0.6 is 27.3 Å². The molecule has 0 aliphatic heterocycles. The number of rotatable bonds is 3. The van der Waals surface area contributed by atoms with Gasteiger partial charge in [-0.2, -0.15) is 14.7 Å². The Labute approximate surface area is 155 Å². The normalized spacial score (nSPS) is 11.8. The summed E-state index contributed by atoms with van der Waals surface area (Å²) in [7, 11) is 0. The van der Waals surface area contributed by atoms with Crippen LogP contribution in [0.5, 0.6) is 0 Å². The van der Waals surface area contributed by atoms with E-state index < -0.39 is 0 Å². The minimum absolute atomic E-state index is 0.675. The second-order valence-corrected chi connectivity index (χ2v) is 7.05. The highest BCUT2D eigenvalue weighted by Gasteiger charge is 2.11. The van der Waals surface area contributed by atoms with Crippen LogP contribution < -0.4 is 10.1 Å². The topological polar surface area (TPSA) is 80.4 Å². The highest BCUT2D eigenvalue weighted by atomic mass is 79.9. The molecule has 0 bridgehead atoms. The van der Waals surface area contributed by atoms with Crippen molar-refractivity contribution in [2.75, 3.05) is 5.43 Å². The van der Waals surface area contributed by atoms with E-state index in [0.29, 0.717) is 10.8 Å². The fraction of sp³-hybridized carbons (Fsp3) is 0.0625. The quantitative estimate of drug-likeness (QED) is 0.521. The van der Waals surface area contributed by atoms with Crippen LogP contribution in [0.15, 0.2) is 58.4 Å². The lowest BCUT2D eigenvalue weighted by Crippen LogP contribution is -2.11. The second kappa shape index (κ2) is 6.69. The first kappa shape index (κ1) is 15.9. The van der Waals surface area contributed by atoms with E-state index in [1.165, 1.54) is 11.3 Å². The molecule has 0 atom stereocenters. The smallest absolute Gasteiger partial charge is 0.235 e. The average molecular weight is 414 g/mol. The molecule has 0 aliphatic carbocycles. The molecule has 1 N–H and O–H groups in total. The van der Waals surface area contributed by atoms with Gasteiger partial charge in [0.2, 0.25) is 4.96 Å². The van der Waals surface area contributed by atoms with E-state index in [9.17, 15) is 0 Å². The van der Waals surface area contributed by atoms with Gasteiger partial charge in [0.25, 0.3) is 0 Å². The molecule has 0 saturated heterocycles. The Balaban J connectivity index is 1.73. The summed E-state index contributed by atoms with van der Waals surface area (Å²) in [6.07, 6.45) is 3.44. The predicted molar refractivity (Wildman–Crippen MR) is 100.0 cm³/mol. The minimum atomic E-state index is 0.675. The molecule has 7 nitrogen and oxygen atoms in total. The van der Waals surface area contributed by atoms with Crippen molar-refractivity contribution in [3.8, 4) is 11.4 Å². The van der Waals surface area contributed by atoms with Crippen molar-refractivity contribution in [3.63, 3.8) is 0 Å². The Morgan fingerprint density at radius 2 is 1.84 bits per heavy atom. The summed E-state index contributed by atoms with van der Waals surface area (Å²) in [4.78, 5) is 4.70. The molecule has 0 aliphatic rings. The van der Waals surface area contributed by atoms with Crippen molar-refractivity contribution in [2.24, 2.45) is 5.10 Å². The van der Waals surface area contributed by atoms with E-state index in [4.69, 9.17) is 0 Å². The molecule has 0 fully saturated rings. The zero-order chi connectivity index (χ0) is 17.2. The van der Waals surface area contributed by atoms with Crippen LogP contribution in [0, 0.1) is 6.92 Å². The van der Waals surface area contributed by atoms with Crippen LogP contribution in [0.1, 0.15) is 5.69 Å². The molecule has 0 unspecified atom stereocenters. The number of nitrogens with zero attached hydrogens (tertiary/aromatic N) is 6. The predicted octanol–water partition coefficient (Wildman–Crippen LogP) is 3.25. The van der Waals surface area contributed by atoms with Crippen LogP contribution in [-0.4, -0.2) is 24.8 Å². The lowest BCUT2D eigenvalue weighted by Gasteiger charge is -2.02. The Kier molecular flexibility index (Phi) is 4.24. The standard InChI is InChI=1S/C16H12BrN7S/c1-10-15(21-19-13-4-2-12(17)3-5-13)25-16-22-20-14(24(16)23-10)11-6-8-18-9-7-11/h2-9,19H,1H3. The second-order valence-electron chi connectivity index (χ2n) is 5.18. The largest absolute Gasteiger partial charge is 0.277 e. The van der Waals surface area contributed by atoms with E-state index in [1.807, 2.05) is 43.3 Å². The zero-order valence-corrected chi connectivity index (χ0v) is 15.5. The molecule has 0 spiro atoms. The summed E-state index contributed by atoms with van der Waals surface area (Å²) in [5, 5.41) is 17.5. The molecular weight excluding hydrogens is 402 g/mol. The van der Waals surface area contributed by atoms with Crippen molar-refractivity contribution >= 4 is 37.9 Å². The van der Waals surface area contributed by atoms with Gasteiger partial charge >= 0.3 is 0 Å². The van der Waals surface area contributed by atoms with Gasteiger partial charge in [-0.15, -0.1) is 10.2 Å². The van der Waals surface area contributed by atoms with Gasteiger partial charge in [0, 0.05) is 22.4 Å². The molecule has 4 aromatic rings. The van der Waals surface area contributed by atoms with E-state index in [2.05, 4.69) is 46.7 Å². The van der Waals surface area contributed by atoms with Gasteiger partial charge < -0.3 is 0 Å². The summed E-state index contributed by atoms with van der Waals surface area (Å²) in [6.45, 7) is 1.91. The van der Waals surface area contributed by atoms with E-state index in [-0.39, 0.29) is 0 Å². The molecule has 0 saturated carbocycles. The van der Waals surface area contributed by atoms with Gasteiger partial charge in [-0.25, -0.2) is 0 Å². The van der Waals surface area contributed by atoms with Gasteiger partial charge in [-0.1, -0.05) is 27.3 Å². The third-order valence-electron chi connectivity index (χ3n) is 3.43. The maximum Gasteiger partial charge on any atom is 0.235 e. The Hall–Kier alpha value is -2.65. The van der Waals surface area contributed by atoms with Crippen molar-refractivity contribution in [1.29, 1.82) is 0 Å². The van der Waals surface area contributed by atoms with Crippen LogP contribution in [0.2, 0.25) is 0 Å². The Bertz CT molecular complexity index is 1090. The Morgan fingerprint density at radius 1 is 1.08 bits per heavy atom. The lowest BCUT2D eigenvalue weighted by atomic mass is 10.2. The number of anilines is 1. The Morgan fingerprint density at radius 3 is 2.60 bits per heavy atom. The van der Waals surface area contributed by atoms with Crippen LogP contribution in [0.4, 0.5) is 5.69 Å². The number of hydrogen-bond donors (Lipinski definition) is 1. The summed E-state index contributed by atoms with van der Waals surface area (Å²) >= 11 is 4.84. The van der Waals surface area contributed by atoms with Crippen molar-refractivity contribution in [2.45, 2.75) is 6.92 Å². The SMILES string of the molecule is Cc1nn2c(-c3ccncc3)nnc2sc1=NNc1ccc(Br)cc1. The first-order valence-corrected chi connectivity index (χ1v) is 9.00. The highest BCUT2D eigenvalue weighted by molar-refractivity contribution is 9.10. The lowest BCUT2D eigenvalue weighted by molar-refractivity contribution is 0.901. The summed E-state index contributed by atoms with van der Waals surface area (Å²) in [5.74, 6) is 0.684. The summed E-state index contributed by atoms with van der Waals surface area (Å²) < 4.78 is 3.50. The number of benzene rings is 1. The molecule has 9 heteroatoms. The molecule has 3 heterocycles.